The Labute approximate surface area is 172 Å². The van der Waals surface area contributed by atoms with Gasteiger partial charge in [0, 0.05) is 28.9 Å². The van der Waals surface area contributed by atoms with Gasteiger partial charge in [0.2, 0.25) is 0 Å². The van der Waals surface area contributed by atoms with Gasteiger partial charge in [-0.3, -0.25) is 4.79 Å². The second-order valence-electron chi connectivity index (χ2n) is 6.20. The SMILES string of the molecule is Cc1nc([C@H](C)N(C)C(=O)c2cc(Cl)cc(Cl)c2)n(-c2ccc(C#N)cn2)n1. The molecule has 0 aliphatic heterocycles. The molecular formula is C19H16Cl2N6O. The molecule has 1 amide bonds. The number of hydrogen-bond acceptors (Lipinski definition) is 5. The van der Waals surface area contributed by atoms with E-state index in [-0.39, 0.29) is 5.91 Å². The number of pyridine rings is 1. The third-order valence-electron chi connectivity index (χ3n) is 4.22. The van der Waals surface area contributed by atoms with Crippen LogP contribution in [0.1, 0.15) is 40.5 Å². The second-order valence-corrected chi connectivity index (χ2v) is 7.07. The van der Waals surface area contributed by atoms with Crippen molar-refractivity contribution in [1.82, 2.24) is 24.6 Å². The molecule has 3 aromatic rings. The Kier molecular flexibility index (Phi) is 5.63. The van der Waals surface area contributed by atoms with E-state index < -0.39 is 6.04 Å². The van der Waals surface area contributed by atoms with Gasteiger partial charge in [-0.25, -0.2) is 9.97 Å². The third kappa shape index (κ3) is 3.98. The van der Waals surface area contributed by atoms with E-state index in [1.807, 2.05) is 13.0 Å². The smallest absolute Gasteiger partial charge is 0.254 e. The fraction of sp³-hybridized carbons (Fsp3) is 0.211. The Hall–Kier alpha value is -2.95. The maximum atomic E-state index is 12.9. The van der Waals surface area contributed by atoms with Crippen molar-refractivity contribution in [3.8, 4) is 11.9 Å². The van der Waals surface area contributed by atoms with Gasteiger partial charge in [-0.15, -0.1) is 5.10 Å². The van der Waals surface area contributed by atoms with E-state index in [1.165, 1.54) is 11.1 Å². The fourth-order valence-corrected chi connectivity index (χ4v) is 3.20. The van der Waals surface area contributed by atoms with E-state index in [0.717, 1.165) is 0 Å². The van der Waals surface area contributed by atoms with E-state index in [2.05, 4.69) is 15.1 Å². The molecule has 7 nitrogen and oxygen atoms in total. The zero-order chi connectivity index (χ0) is 20.4. The highest BCUT2D eigenvalue weighted by Gasteiger charge is 2.25. The first-order valence-electron chi connectivity index (χ1n) is 8.33. The molecule has 0 aliphatic carbocycles. The van der Waals surface area contributed by atoms with Crippen molar-refractivity contribution in [2.45, 2.75) is 19.9 Å². The molecule has 0 spiro atoms. The number of benzene rings is 1. The molecule has 2 aromatic heterocycles. The van der Waals surface area contributed by atoms with Crippen LogP contribution in [0, 0.1) is 18.3 Å². The summed E-state index contributed by atoms with van der Waals surface area (Å²) in [5.74, 6) is 1.34. The van der Waals surface area contributed by atoms with Crippen LogP contribution in [0.4, 0.5) is 0 Å². The molecular weight excluding hydrogens is 399 g/mol. The molecule has 0 N–H and O–H groups in total. The summed E-state index contributed by atoms with van der Waals surface area (Å²) in [5, 5.41) is 14.1. The monoisotopic (exact) mass is 414 g/mol. The number of carbonyl (C=O) groups is 1. The van der Waals surface area contributed by atoms with E-state index in [0.29, 0.717) is 38.6 Å². The van der Waals surface area contributed by atoms with Crippen molar-refractivity contribution in [2.24, 2.45) is 0 Å². The Morgan fingerprint density at radius 2 is 1.93 bits per heavy atom. The van der Waals surface area contributed by atoms with Gasteiger partial charge < -0.3 is 4.90 Å². The topological polar surface area (TPSA) is 87.7 Å². The summed E-state index contributed by atoms with van der Waals surface area (Å²) >= 11 is 12.0. The molecule has 28 heavy (non-hydrogen) atoms. The van der Waals surface area contributed by atoms with Gasteiger partial charge in [-0.2, -0.15) is 9.94 Å². The Morgan fingerprint density at radius 1 is 1.25 bits per heavy atom. The average Bonchev–Trinajstić information content (AvgIpc) is 3.07. The zero-order valence-electron chi connectivity index (χ0n) is 15.4. The molecule has 0 saturated heterocycles. The lowest BCUT2D eigenvalue weighted by Crippen LogP contribution is -2.31. The zero-order valence-corrected chi connectivity index (χ0v) is 16.9. The molecule has 0 bridgehead atoms. The number of nitrogens with zero attached hydrogens (tertiary/aromatic N) is 6. The highest BCUT2D eigenvalue weighted by molar-refractivity contribution is 6.35. The largest absolute Gasteiger partial charge is 0.332 e. The van der Waals surface area contributed by atoms with Crippen LogP contribution in [0.5, 0.6) is 0 Å². The first-order valence-corrected chi connectivity index (χ1v) is 9.09. The van der Waals surface area contributed by atoms with Gasteiger partial charge in [-0.05, 0) is 44.2 Å². The fourth-order valence-electron chi connectivity index (χ4n) is 2.68. The van der Waals surface area contributed by atoms with Gasteiger partial charge in [0.05, 0.1) is 11.6 Å². The predicted molar refractivity (Wildman–Crippen MR) is 106 cm³/mol. The highest BCUT2D eigenvalue weighted by atomic mass is 35.5. The van der Waals surface area contributed by atoms with Crippen LogP contribution >= 0.6 is 23.2 Å². The average molecular weight is 415 g/mol. The number of hydrogen-bond donors (Lipinski definition) is 0. The summed E-state index contributed by atoms with van der Waals surface area (Å²) in [7, 11) is 1.67. The minimum absolute atomic E-state index is 0.253. The summed E-state index contributed by atoms with van der Waals surface area (Å²) in [6, 6.07) is 9.65. The van der Waals surface area contributed by atoms with E-state index in [9.17, 15) is 4.79 Å². The number of aryl methyl sites for hydroxylation is 1. The minimum atomic E-state index is -0.413. The number of rotatable bonds is 4. The van der Waals surface area contributed by atoms with Crippen LogP contribution in [-0.2, 0) is 0 Å². The van der Waals surface area contributed by atoms with Crippen molar-refractivity contribution >= 4 is 29.1 Å². The molecule has 0 radical (unpaired) electrons. The van der Waals surface area contributed by atoms with E-state index in [1.54, 1.807) is 49.0 Å². The summed E-state index contributed by atoms with van der Waals surface area (Å²) in [6.07, 6.45) is 1.46. The Balaban J connectivity index is 1.94. The number of aromatic nitrogens is 4. The number of carbonyl (C=O) groups excluding carboxylic acids is 1. The van der Waals surface area contributed by atoms with E-state index in [4.69, 9.17) is 28.5 Å². The van der Waals surface area contributed by atoms with Crippen LogP contribution in [0.3, 0.4) is 0 Å². The lowest BCUT2D eigenvalue weighted by Gasteiger charge is -2.24. The summed E-state index contributed by atoms with van der Waals surface area (Å²) in [6.45, 7) is 3.60. The number of amides is 1. The second kappa shape index (κ2) is 7.97. The molecule has 0 saturated carbocycles. The van der Waals surface area contributed by atoms with Gasteiger partial charge in [0.25, 0.3) is 5.91 Å². The van der Waals surface area contributed by atoms with E-state index >= 15 is 0 Å². The van der Waals surface area contributed by atoms with Crippen molar-refractivity contribution in [1.29, 1.82) is 5.26 Å². The molecule has 0 unspecified atom stereocenters. The Bertz CT molecular complexity index is 1050. The lowest BCUT2D eigenvalue weighted by molar-refractivity contribution is 0.0735. The molecule has 1 aromatic carbocycles. The van der Waals surface area contributed by atoms with Gasteiger partial charge in [0.15, 0.2) is 11.6 Å². The lowest BCUT2D eigenvalue weighted by atomic mass is 10.1. The molecule has 142 valence electrons. The van der Waals surface area contributed by atoms with Crippen LogP contribution in [0.2, 0.25) is 10.0 Å². The molecule has 9 heteroatoms. The molecule has 3 rings (SSSR count). The van der Waals surface area contributed by atoms with Crippen LogP contribution in [0.15, 0.2) is 36.5 Å². The van der Waals surface area contributed by atoms with Crippen molar-refractivity contribution < 1.29 is 4.79 Å². The van der Waals surface area contributed by atoms with Crippen LogP contribution in [-0.4, -0.2) is 37.6 Å². The van der Waals surface area contributed by atoms with Gasteiger partial charge in [0.1, 0.15) is 11.9 Å². The first-order chi connectivity index (χ1) is 13.3. The van der Waals surface area contributed by atoms with Crippen molar-refractivity contribution in [3.05, 3.63) is 69.3 Å². The first kappa shape index (κ1) is 19.8. The van der Waals surface area contributed by atoms with Crippen LogP contribution in [0.25, 0.3) is 5.82 Å². The maximum Gasteiger partial charge on any atom is 0.254 e. The molecule has 0 fully saturated rings. The highest BCUT2D eigenvalue weighted by Crippen LogP contribution is 2.24. The quantitative estimate of drug-likeness (QED) is 0.643. The van der Waals surface area contributed by atoms with Crippen LogP contribution < -0.4 is 0 Å². The Morgan fingerprint density at radius 3 is 2.50 bits per heavy atom. The van der Waals surface area contributed by atoms with Gasteiger partial charge >= 0.3 is 0 Å². The molecule has 0 aliphatic rings. The molecule has 2 heterocycles. The van der Waals surface area contributed by atoms with Crippen molar-refractivity contribution in [3.63, 3.8) is 0 Å². The molecule has 1 atom stereocenters. The third-order valence-corrected chi connectivity index (χ3v) is 4.65. The number of halogens is 2. The normalized spacial score (nSPS) is 11.7. The minimum Gasteiger partial charge on any atom is -0.332 e. The summed E-state index contributed by atoms with van der Waals surface area (Å²) < 4.78 is 1.57. The van der Waals surface area contributed by atoms with Crippen molar-refractivity contribution in [2.75, 3.05) is 7.05 Å². The summed E-state index contributed by atoms with van der Waals surface area (Å²) in [5.41, 5.74) is 0.825. The summed E-state index contributed by atoms with van der Waals surface area (Å²) in [4.78, 5) is 23.2. The van der Waals surface area contributed by atoms with Gasteiger partial charge in [-0.1, -0.05) is 23.2 Å². The predicted octanol–water partition coefficient (Wildman–Crippen LogP) is 3.98. The number of nitriles is 1. The standard InChI is InChI=1S/C19H16Cl2N6O/c1-11(26(3)19(28)14-6-15(20)8-16(21)7-14)18-24-12(2)25-27(18)17-5-4-13(9-22)10-23-17/h4-8,10-11H,1-3H3/t11-/m0/s1. The maximum absolute atomic E-state index is 12.9.